The highest BCUT2D eigenvalue weighted by molar-refractivity contribution is 5.99. The second-order valence-corrected chi connectivity index (χ2v) is 7.12. The number of rotatable bonds is 9. The van der Waals surface area contributed by atoms with Crippen LogP contribution in [0.3, 0.4) is 0 Å². The number of hydrogen-bond acceptors (Lipinski definition) is 4. The molecule has 140 valence electrons. The summed E-state index contributed by atoms with van der Waals surface area (Å²) < 4.78 is 0. The number of aromatic nitrogens is 2. The van der Waals surface area contributed by atoms with Gasteiger partial charge >= 0.3 is 0 Å². The minimum absolute atomic E-state index is 0.505. The number of hydrogen-bond donors (Lipinski definition) is 1. The molecular formula is C22H32N4. The molecule has 1 aromatic carbocycles. The van der Waals surface area contributed by atoms with Crippen molar-refractivity contribution in [2.45, 2.75) is 72.6 Å². The maximum absolute atomic E-state index is 4.64. The molecule has 0 atom stereocenters. The average molecular weight is 353 g/mol. The standard InChI is InChI=1S/C22H32N4/c1-6-8-13-21-15-20(10-7-2)23-22(24-21)26-25-17(5)19-12-9-11-18(14-19)16(3)4/h9,11-12,14-16H,6-8,10,13H2,1-5H3,(H,23,24,26). The molecule has 0 unspecified atom stereocenters. The first-order valence-electron chi connectivity index (χ1n) is 9.81. The van der Waals surface area contributed by atoms with Gasteiger partial charge in [0.1, 0.15) is 0 Å². The second-order valence-electron chi connectivity index (χ2n) is 7.12. The maximum atomic E-state index is 4.64. The van der Waals surface area contributed by atoms with Crippen molar-refractivity contribution in [1.82, 2.24) is 9.97 Å². The SMILES string of the molecule is CCCCc1cc(CCC)nc(NN=C(C)c2cccc(C(C)C)c2)n1. The fourth-order valence-corrected chi connectivity index (χ4v) is 2.80. The molecule has 1 heterocycles. The van der Waals surface area contributed by atoms with Gasteiger partial charge in [0.2, 0.25) is 5.95 Å². The first-order chi connectivity index (χ1) is 12.5. The Balaban J connectivity index is 2.19. The average Bonchev–Trinajstić information content (AvgIpc) is 2.64. The molecule has 1 N–H and O–H groups in total. The van der Waals surface area contributed by atoms with Gasteiger partial charge in [-0.2, -0.15) is 5.10 Å². The normalized spacial score (nSPS) is 11.8. The number of nitrogens with one attached hydrogen (secondary N) is 1. The van der Waals surface area contributed by atoms with Crippen molar-refractivity contribution in [3.8, 4) is 0 Å². The number of hydrazone groups is 1. The van der Waals surface area contributed by atoms with Crippen LogP contribution < -0.4 is 5.43 Å². The first kappa shape index (κ1) is 20.1. The second kappa shape index (κ2) is 10.0. The van der Waals surface area contributed by atoms with E-state index in [9.17, 15) is 0 Å². The van der Waals surface area contributed by atoms with E-state index in [1.807, 2.05) is 6.92 Å². The van der Waals surface area contributed by atoms with Crippen LogP contribution >= 0.6 is 0 Å². The molecular weight excluding hydrogens is 320 g/mol. The van der Waals surface area contributed by atoms with Crippen LogP contribution in [0.2, 0.25) is 0 Å². The van der Waals surface area contributed by atoms with Gasteiger partial charge in [-0.15, -0.1) is 0 Å². The van der Waals surface area contributed by atoms with Crippen LogP contribution in [0.1, 0.15) is 82.3 Å². The zero-order valence-electron chi connectivity index (χ0n) is 16.8. The third-order valence-corrected chi connectivity index (χ3v) is 4.42. The lowest BCUT2D eigenvalue weighted by molar-refractivity contribution is 0.765. The van der Waals surface area contributed by atoms with E-state index >= 15 is 0 Å². The van der Waals surface area contributed by atoms with Crippen molar-refractivity contribution in [3.05, 3.63) is 52.8 Å². The molecule has 0 aliphatic rings. The summed E-state index contributed by atoms with van der Waals surface area (Å²) in [7, 11) is 0. The van der Waals surface area contributed by atoms with Gasteiger partial charge in [0.15, 0.2) is 0 Å². The maximum Gasteiger partial charge on any atom is 0.243 e. The summed E-state index contributed by atoms with van der Waals surface area (Å²) in [5, 5.41) is 4.53. The minimum atomic E-state index is 0.505. The van der Waals surface area contributed by atoms with Crippen LogP contribution in [-0.2, 0) is 12.8 Å². The molecule has 1 aromatic heterocycles. The van der Waals surface area contributed by atoms with Crippen LogP contribution in [0.5, 0.6) is 0 Å². The van der Waals surface area contributed by atoms with Gasteiger partial charge in [-0.3, -0.25) is 0 Å². The van der Waals surface area contributed by atoms with Crippen molar-refractivity contribution in [2.75, 3.05) is 5.43 Å². The predicted octanol–water partition coefficient (Wildman–Crippen LogP) is 5.73. The van der Waals surface area contributed by atoms with Gasteiger partial charge < -0.3 is 0 Å². The van der Waals surface area contributed by atoms with Crippen molar-refractivity contribution < 1.29 is 0 Å². The third kappa shape index (κ3) is 5.94. The summed E-state index contributed by atoms with van der Waals surface area (Å²) in [5.41, 5.74) is 8.64. The number of anilines is 1. The van der Waals surface area contributed by atoms with Crippen LogP contribution in [0.15, 0.2) is 35.4 Å². The monoisotopic (exact) mass is 352 g/mol. The Bertz CT molecular complexity index is 735. The molecule has 26 heavy (non-hydrogen) atoms. The number of nitrogens with zero attached hydrogens (tertiary/aromatic N) is 3. The molecule has 4 nitrogen and oxygen atoms in total. The van der Waals surface area contributed by atoms with E-state index in [0.29, 0.717) is 11.9 Å². The van der Waals surface area contributed by atoms with E-state index in [1.165, 1.54) is 12.0 Å². The van der Waals surface area contributed by atoms with Gasteiger partial charge in [-0.05, 0) is 55.4 Å². The molecule has 0 fully saturated rings. The van der Waals surface area contributed by atoms with E-state index in [1.54, 1.807) is 0 Å². The first-order valence-corrected chi connectivity index (χ1v) is 9.81. The van der Waals surface area contributed by atoms with Gasteiger partial charge in [0.05, 0.1) is 5.71 Å². The van der Waals surface area contributed by atoms with E-state index in [4.69, 9.17) is 0 Å². The Morgan fingerprint density at radius 1 is 1.04 bits per heavy atom. The van der Waals surface area contributed by atoms with Crippen molar-refractivity contribution in [2.24, 2.45) is 5.10 Å². The van der Waals surface area contributed by atoms with E-state index in [0.717, 1.165) is 48.3 Å². The Labute approximate surface area is 158 Å². The fourth-order valence-electron chi connectivity index (χ4n) is 2.80. The Hall–Kier alpha value is -2.23. The van der Waals surface area contributed by atoms with Crippen LogP contribution in [0, 0.1) is 0 Å². The van der Waals surface area contributed by atoms with Crippen molar-refractivity contribution >= 4 is 11.7 Å². The molecule has 0 saturated heterocycles. The van der Waals surface area contributed by atoms with Gasteiger partial charge in [-0.25, -0.2) is 15.4 Å². The summed E-state index contributed by atoms with van der Waals surface area (Å²) in [4.78, 5) is 9.25. The number of unbranched alkanes of at least 4 members (excludes halogenated alkanes) is 1. The quantitative estimate of drug-likeness (QED) is 0.463. The van der Waals surface area contributed by atoms with Crippen LogP contribution in [0.25, 0.3) is 0 Å². The summed E-state index contributed by atoms with van der Waals surface area (Å²) in [6, 6.07) is 10.7. The van der Waals surface area contributed by atoms with E-state index in [-0.39, 0.29) is 0 Å². The molecule has 0 radical (unpaired) electrons. The zero-order chi connectivity index (χ0) is 18.9. The third-order valence-electron chi connectivity index (χ3n) is 4.42. The Morgan fingerprint density at radius 3 is 2.42 bits per heavy atom. The fraction of sp³-hybridized carbons (Fsp3) is 0.500. The lowest BCUT2D eigenvalue weighted by Crippen LogP contribution is -2.06. The highest BCUT2D eigenvalue weighted by atomic mass is 15.4. The van der Waals surface area contributed by atoms with Crippen molar-refractivity contribution in [3.63, 3.8) is 0 Å². The van der Waals surface area contributed by atoms with Gasteiger partial charge in [-0.1, -0.05) is 58.7 Å². The molecule has 0 aliphatic carbocycles. The van der Waals surface area contributed by atoms with Crippen molar-refractivity contribution in [1.29, 1.82) is 0 Å². The smallest absolute Gasteiger partial charge is 0.243 e. The minimum Gasteiger partial charge on any atom is -0.245 e. The van der Waals surface area contributed by atoms with Gasteiger partial charge in [0, 0.05) is 11.4 Å². The lowest BCUT2D eigenvalue weighted by Gasteiger charge is -2.09. The molecule has 4 heteroatoms. The molecule has 2 aromatic rings. The van der Waals surface area contributed by atoms with Crippen LogP contribution in [-0.4, -0.2) is 15.7 Å². The largest absolute Gasteiger partial charge is 0.245 e. The summed E-state index contributed by atoms with van der Waals surface area (Å²) >= 11 is 0. The van der Waals surface area contributed by atoms with E-state index in [2.05, 4.69) is 78.5 Å². The molecule has 0 saturated carbocycles. The Kier molecular flexibility index (Phi) is 7.76. The topological polar surface area (TPSA) is 50.2 Å². The highest BCUT2D eigenvalue weighted by Gasteiger charge is 2.06. The summed E-state index contributed by atoms with van der Waals surface area (Å²) in [5.74, 6) is 1.10. The zero-order valence-corrected chi connectivity index (χ0v) is 16.8. The number of aryl methyl sites for hydroxylation is 2. The van der Waals surface area contributed by atoms with Crippen LogP contribution in [0.4, 0.5) is 5.95 Å². The molecule has 0 amide bonds. The molecule has 0 bridgehead atoms. The summed E-state index contributed by atoms with van der Waals surface area (Å²) in [6.45, 7) is 10.8. The predicted molar refractivity (Wildman–Crippen MR) is 111 cm³/mol. The molecule has 0 aliphatic heterocycles. The number of benzene rings is 1. The lowest BCUT2D eigenvalue weighted by atomic mass is 9.99. The molecule has 2 rings (SSSR count). The molecule has 0 spiro atoms. The highest BCUT2D eigenvalue weighted by Crippen LogP contribution is 2.16. The van der Waals surface area contributed by atoms with E-state index < -0.39 is 0 Å². The Morgan fingerprint density at radius 2 is 1.77 bits per heavy atom. The van der Waals surface area contributed by atoms with Gasteiger partial charge in [0.25, 0.3) is 0 Å². The summed E-state index contributed by atoms with van der Waals surface area (Å²) in [6.07, 6.45) is 5.35.